The van der Waals surface area contributed by atoms with Gasteiger partial charge in [-0.05, 0) is 18.0 Å². The Labute approximate surface area is 93.6 Å². The van der Waals surface area contributed by atoms with Gasteiger partial charge in [-0.25, -0.2) is 0 Å². The molecule has 1 heterocycles. The molecule has 0 N–H and O–H groups in total. The van der Waals surface area contributed by atoms with Gasteiger partial charge in [-0.2, -0.15) is 0 Å². The SMILES string of the molecule is CC1(c2cccc(CN=[N+]=[N-])c2)OCCO1. The largest absolute Gasteiger partial charge is 0.344 e. The van der Waals surface area contributed by atoms with E-state index in [2.05, 4.69) is 10.0 Å². The molecule has 0 atom stereocenters. The van der Waals surface area contributed by atoms with Crippen molar-refractivity contribution in [2.45, 2.75) is 19.3 Å². The summed E-state index contributed by atoms with van der Waals surface area (Å²) in [6, 6.07) is 7.72. The van der Waals surface area contributed by atoms with Crippen molar-refractivity contribution < 1.29 is 9.47 Å². The summed E-state index contributed by atoms with van der Waals surface area (Å²) < 4.78 is 11.1. The van der Waals surface area contributed by atoms with E-state index in [9.17, 15) is 0 Å². The van der Waals surface area contributed by atoms with Crippen molar-refractivity contribution in [3.63, 3.8) is 0 Å². The van der Waals surface area contributed by atoms with E-state index in [-0.39, 0.29) is 0 Å². The first-order chi connectivity index (χ1) is 7.74. The molecule has 1 saturated heterocycles. The van der Waals surface area contributed by atoms with Gasteiger partial charge < -0.3 is 9.47 Å². The van der Waals surface area contributed by atoms with Crippen molar-refractivity contribution in [1.82, 2.24) is 0 Å². The second-order valence-corrected chi connectivity index (χ2v) is 3.73. The Hall–Kier alpha value is -1.55. The van der Waals surface area contributed by atoms with Crippen LogP contribution in [0.15, 0.2) is 29.4 Å². The van der Waals surface area contributed by atoms with E-state index in [4.69, 9.17) is 15.0 Å². The molecule has 1 aliphatic heterocycles. The van der Waals surface area contributed by atoms with Gasteiger partial charge in [-0.15, -0.1) is 0 Å². The van der Waals surface area contributed by atoms with Crippen molar-refractivity contribution in [1.29, 1.82) is 0 Å². The van der Waals surface area contributed by atoms with Crippen LogP contribution in [0.4, 0.5) is 0 Å². The van der Waals surface area contributed by atoms with Gasteiger partial charge >= 0.3 is 0 Å². The van der Waals surface area contributed by atoms with Crippen LogP contribution in [-0.4, -0.2) is 13.2 Å². The summed E-state index contributed by atoms with van der Waals surface area (Å²) in [5.41, 5.74) is 10.2. The molecule has 0 spiro atoms. The van der Waals surface area contributed by atoms with Crippen LogP contribution < -0.4 is 0 Å². The zero-order valence-corrected chi connectivity index (χ0v) is 9.09. The number of rotatable bonds is 3. The molecule has 1 fully saturated rings. The molecule has 0 radical (unpaired) electrons. The maximum Gasteiger partial charge on any atom is 0.192 e. The van der Waals surface area contributed by atoms with E-state index in [0.29, 0.717) is 19.8 Å². The Morgan fingerprint density at radius 3 is 2.88 bits per heavy atom. The highest BCUT2D eigenvalue weighted by atomic mass is 16.7. The van der Waals surface area contributed by atoms with Crippen molar-refractivity contribution in [3.8, 4) is 0 Å². The highest BCUT2D eigenvalue weighted by molar-refractivity contribution is 5.27. The minimum atomic E-state index is -0.660. The first-order valence-electron chi connectivity index (χ1n) is 5.13. The molecule has 0 saturated carbocycles. The molecule has 2 rings (SSSR count). The third kappa shape index (κ3) is 2.17. The molecule has 0 aliphatic carbocycles. The molecule has 84 valence electrons. The van der Waals surface area contributed by atoms with Gasteiger partial charge in [-0.1, -0.05) is 29.4 Å². The average Bonchev–Trinajstić information content (AvgIpc) is 2.75. The maximum atomic E-state index is 8.27. The van der Waals surface area contributed by atoms with Gasteiger partial charge in [0.05, 0.1) is 19.8 Å². The fourth-order valence-electron chi connectivity index (χ4n) is 1.75. The second-order valence-electron chi connectivity index (χ2n) is 3.73. The molecule has 1 aromatic rings. The van der Waals surface area contributed by atoms with E-state index in [1.54, 1.807) is 0 Å². The molecule has 1 aliphatic rings. The maximum absolute atomic E-state index is 8.27. The van der Waals surface area contributed by atoms with Gasteiger partial charge in [0.1, 0.15) is 0 Å². The molecule has 5 heteroatoms. The van der Waals surface area contributed by atoms with Gasteiger partial charge in [0.25, 0.3) is 0 Å². The van der Waals surface area contributed by atoms with Crippen LogP contribution in [0.1, 0.15) is 18.1 Å². The van der Waals surface area contributed by atoms with E-state index >= 15 is 0 Å². The molecule has 0 aromatic heterocycles. The number of hydrogen-bond donors (Lipinski definition) is 0. The molecule has 16 heavy (non-hydrogen) atoms. The Morgan fingerprint density at radius 2 is 2.19 bits per heavy atom. The third-order valence-corrected chi connectivity index (χ3v) is 2.61. The average molecular weight is 219 g/mol. The van der Waals surface area contributed by atoms with Crippen LogP contribution in [-0.2, 0) is 21.8 Å². The zero-order chi connectivity index (χ0) is 11.4. The normalized spacial score (nSPS) is 18.1. The fourth-order valence-corrected chi connectivity index (χ4v) is 1.75. The lowest BCUT2D eigenvalue weighted by Gasteiger charge is -2.23. The summed E-state index contributed by atoms with van der Waals surface area (Å²) in [5, 5.41) is 3.53. The van der Waals surface area contributed by atoms with Crippen LogP contribution in [0, 0.1) is 0 Å². The number of hydrogen-bond acceptors (Lipinski definition) is 3. The van der Waals surface area contributed by atoms with Crippen molar-refractivity contribution >= 4 is 0 Å². The number of azide groups is 1. The highest BCUT2D eigenvalue weighted by Crippen LogP contribution is 2.31. The van der Waals surface area contributed by atoms with Crippen LogP contribution in [0.3, 0.4) is 0 Å². The molecule has 0 amide bonds. The predicted molar refractivity (Wildman–Crippen MR) is 58.5 cm³/mol. The number of ether oxygens (including phenoxy) is 2. The molecular formula is C11H13N3O2. The van der Waals surface area contributed by atoms with E-state index < -0.39 is 5.79 Å². The van der Waals surface area contributed by atoms with E-state index in [1.165, 1.54) is 0 Å². The Balaban J connectivity index is 2.24. The van der Waals surface area contributed by atoms with Crippen molar-refractivity contribution in [2.75, 3.05) is 13.2 Å². The van der Waals surface area contributed by atoms with Gasteiger partial charge in [0.15, 0.2) is 5.79 Å². The Morgan fingerprint density at radius 1 is 1.44 bits per heavy atom. The van der Waals surface area contributed by atoms with Crippen molar-refractivity contribution in [3.05, 3.63) is 45.8 Å². The standard InChI is InChI=1S/C11H13N3O2/c1-11(15-5-6-16-11)10-4-2-3-9(7-10)8-13-14-12/h2-4,7H,5-6,8H2,1H3. The minimum Gasteiger partial charge on any atom is -0.344 e. The topological polar surface area (TPSA) is 67.2 Å². The molecule has 5 nitrogen and oxygen atoms in total. The van der Waals surface area contributed by atoms with Crippen LogP contribution in [0.2, 0.25) is 0 Å². The van der Waals surface area contributed by atoms with E-state index in [1.807, 2.05) is 31.2 Å². The molecule has 0 bridgehead atoms. The summed E-state index contributed by atoms with van der Waals surface area (Å²) in [7, 11) is 0. The zero-order valence-electron chi connectivity index (χ0n) is 9.09. The van der Waals surface area contributed by atoms with Crippen LogP contribution in [0.25, 0.3) is 10.4 Å². The Bertz CT molecular complexity index is 421. The fraction of sp³-hybridized carbons (Fsp3) is 0.455. The molecular weight excluding hydrogens is 206 g/mol. The second kappa shape index (κ2) is 4.53. The predicted octanol–water partition coefficient (Wildman–Crippen LogP) is 2.72. The van der Waals surface area contributed by atoms with Gasteiger partial charge in [-0.3, -0.25) is 0 Å². The summed E-state index contributed by atoms with van der Waals surface area (Å²) in [4.78, 5) is 2.74. The lowest BCUT2D eigenvalue weighted by Crippen LogP contribution is -2.22. The lowest BCUT2D eigenvalue weighted by molar-refractivity contribution is -0.149. The van der Waals surface area contributed by atoms with Crippen LogP contribution >= 0.6 is 0 Å². The minimum absolute atomic E-state index is 0.348. The summed E-state index contributed by atoms with van der Waals surface area (Å²) in [6.07, 6.45) is 0. The lowest BCUT2D eigenvalue weighted by atomic mass is 10.0. The monoisotopic (exact) mass is 219 g/mol. The first kappa shape index (κ1) is 11.0. The third-order valence-electron chi connectivity index (χ3n) is 2.61. The Kier molecular flexibility index (Phi) is 3.10. The summed E-state index contributed by atoms with van der Waals surface area (Å²) in [6.45, 7) is 3.46. The molecule has 0 unspecified atom stereocenters. The summed E-state index contributed by atoms with van der Waals surface area (Å²) in [5.74, 6) is -0.660. The van der Waals surface area contributed by atoms with E-state index in [0.717, 1.165) is 11.1 Å². The van der Waals surface area contributed by atoms with Gasteiger partial charge in [0.2, 0.25) is 0 Å². The number of nitrogens with zero attached hydrogens (tertiary/aromatic N) is 3. The van der Waals surface area contributed by atoms with Crippen LogP contribution in [0.5, 0.6) is 0 Å². The smallest absolute Gasteiger partial charge is 0.192 e. The first-order valence-corrected chi connectivity index (χ1v) is 5.13. The molecule has 1 aromatic carbocycles. The highest BCUT2D eigenvalue weighted by Gasteiger charge is 2.32. The summed E-state index contributed by atoms with van der Waals surface area (Å²) >= 11 is 0. The van der Waals surface area contributed by atoms with Gasteiger partial charge in [0, 0.05) is 10.5 Å². The van der Waals surface area contributed by atoms with Crippen molar-refractivity contribution in [2.24, 2.45) is 5.11 Å². The number of benzene rings is 1. The quantitative estimate of drug-likeness (QED) is 0.445.